The third-order valence-electron chi connectivity index (χ3n) is 3.34. The Morgan fingerprint density at radius 3 is 2.62 bits per heavy atom. The molecule has 0 aliphatic rings. The summed E-state index contributed by atoms with van der Waals surface area (Å²) in [5.41, 5.74) is 1.88. The summed E-state index contributed by atoms with van der Waals surface area (Å²) < 4.78 is 1.77. The highest BCUT2D eigenvalue weighted by molar-refractivity contribution is 6.33. The topological polar surface area (TPSA) is 30.7 Å². The van der Waals surface area contributed by atoms with E-state index < -0.39 is 0 Å². The van der Waals surface area contributed by atoms with E-state index in [2.05, 4.69) is 17.0 Å². The molecule has 0 aliphatic carbocycles. The molecule has 2 aromatic rings. The van der Waals surface area contributed by atoms with Gasteiger partial charge in [0.25, 0.3) is 0 Å². The van der Waals surface area contributed by atoms with Crippen LogP contribution in [0, 0.1) is 0 Å². The molecule has 0 amide bonds. The number of benzene rings is 1. The Labute approximate surface area is 135 Å². The van der Waals surface area contributed by atoms with Crippen molar-refractivity contribution < 1.29 is 0 Å². The monoisotopic (exact) mass is 323 g/mol. The molecule has 0 unspecified atom stereocenters. The average Bonchev–Trinajstić information content (AvgIpc) is 2.81. The van der Waals surface area contributed by atoms with Crippen molar-refractivity contribution >= 4 is 28.8 Å². The van der Waals surface area contributed by atoms with Crippen molar-refractivity contribution in [2.75, 3.05) is 0 Å². The third-order valence-corrected chi connectivity index (χ3v) is 3.90. The maximum absolute atomic E-state index is 6.25. The van der Waals surface area contributed by atoms with Crippen LogP contribution in [0.4, 0.5) is 0 Å². The summed E-state index contributed by atoms with van der Waals surface area (Å²) in [6.45, 7) is 4.06. The van der Waals surface area contributed by atoms with Gasteiger partial charge in [-0.25, -0.2) is 9.67 Å². The molecule has 0 fully saturated rings. The number of rotatable bonds is 5. The second-order valence-corrected chi connectivity index (χ2v) is 5.95. The van der Waals surface area contributed by atoms with Crippen molar-refractivity contribution in [3.05, 3.63) is 40.1 Å². The highest BCUT2D eigenvalue weighted by Gasteiger charge is 2.16. The molecule has 3 nitrogen and oxygen atoms in total. The van der Waals surface area contributed by atoms with Crippen LogP contribution in [0.1, 0.15) is 38.9 Å². The zero-order chi connectivity index (χ0) is 15.4. The number of halogens is 2. The van der Waals surface area contributed by atoms with Crippen molar-refractivity contribution in [2.45, 2.75) is 33.1 Å². The molecule has 21 heavy (non-hydrogen) atoms. The lowest BCUT2D eigenvalue weighted by Gasteiger charge is -2.06. The minimum atomic E-state index is 0.630. The van der Waals surface area contributed by atoms with Gasteiger partial charge in [0.15, 0.2) is 11.6 Å². The summed E-state index contributed by atoms with van der Waals surface area (Å²) in [5, 5.41) is 5.90. The van der Waals surface area contributed by atoms with E-state index in [0.29, 0.717) is 10.8 Å². The summed E-state index contributed by atoms with van der Waals surface area (Å²) in [7, 11) is 1.88. The molecule has 2 rings (SSSR count). The van der Waals surface area contributed by atoms with E-state index in [1.165, 1.54) is 0 Å². The smallest absolute Gasteiger partial charge is 0.183 e. The van der Waals surface area contributed by atoms with Gasteiger partial charge >= 0.3 is 0 Å². The number of aromatic nitrogens is 3. The fourth-order valence-corrected chi connectivity index (χ4v) is 2.59. The Hall–Kier alpha value is -1.32. The number of hydrogen-bond acceptors (Lipinski definition) is 2. The molecule has 0 aliphatic heterocycles. The Balaban J connectivity index is 2.44. The summed E-state index contributed by atoms with van der Waals surface area (Å²) in [5.74, 6) is 1.44. The quantitative estimate of drug-likeness (QED) is 0.747. The molecule has 0 atom stereocenters. The van der Waals surface area contributed by atoms with Gasteiger partial charge in [0.2, 0.25) is 0 Å². The Morgan fingerprint density at radius 2 is 2.00 bits per heavy atom. The number of unbranched alkanes of at least 4 members (excludes halogenated alkanes) is 1. The van der Waals surface area contributed by atoms with Gasteiger partial charge < -0.3 is 0 Å². The zero-order valence-electron chi connectivity index (χ0n) is 12.5. The molecule has 1 aromatic carbocycles. The van der Waals surface area contributed by atoms with Crippen LogP contribution in [0.2, 0.25) is 5.02 Å². The third kappa shape index (κ3) is 3.66. The molecule has 5 heteroatoms. The van der Waals surface area contributed by atoms with Crippen molar-refractivity contribution in [3.63, 3.8) is 0 Å². The molecule has 0 spiro atoms. The Morgan fingerprint density at radius 1 is 1.29 bits per heavy atom. The van der Waals surface area contributed by atoms with E-state index >= 15 is 0 Å². The lowest BCUT2D eigenvalue weighted by molar-refractivity contribution is 0.740. The van der Waals surface area contributed by atoms with Crippen molar-refractivity contribution in [2.24, 2.45) is 7.05 Å². The van der Waals surface area contributed by atoms with E-state index in [4.69, 9.17) is 23.2 Å². The van der Waals surface area contributed by atoms with Crippen LogP contribution in [-0.2, 0) is 7.05 Å². The molecule has 0 N–H and O–H groups in total. The maximum Gasteiger partial charge on any atom is 0.183 e. The molecule has 0 radical (unpaired) electrons. The van der Waals surface area contributed by atoms with E-state index in [1.807, 2.05) is 38.2 Å². The summed E-state index contributed by atoms with van der Waals surface area (Å²) in [6, 6.07) is 7.58. The Bertz CT molecular complexity index is 655. The van der Waals surface area contributed by atoms with Crippen LogP contribution in [0.5, 0.6) is 0 Å². The molecule has 0 saturated carbocycles. The number of allylic oxidation sites excluding steroid dienone is 2. The fraction of sp³-hybridized carbons (Fsp3) is 0.375. The summed E-state index contributed by atoms with van der Waals surface area (Å²) in [4.78, 5) is 4.64. The fourth-order valence-electron chi connectivity index (χ4n) is 2.20. The van der Waals surface area contributed by atoms with Gasteiger partial charge in [-0.3, -0.25) is 0 Å². The van der Waals surface area contributed by atoms with Crippen LogP contribution in [-0.4, -0.2) is 14.8 Å². The molecule has 1 heterocycles. The summed E-state index contributed by atoms with van der Waals surface area (Å²) in [6.07, 6.45) is 3.09. The zero-order valence-corrected chi connectivity index (χ0v) is 14.0. The molecular formula is C16H19Cl2N3. The lowest BCUT2D eigenvalue weighted by atomic mass is 10.1. The second kappa shape index (κ2) is 7.10. The highest BCUT2D eigenvalue weighted by Crippen LogP contribution is 2.29. The van der Waals surface area contributed by atoms with Crippen LogP contribution < -0.4 is 0 Å². The first-order valence-corrected chi connectivity index (χ1v) is 7.81. The van der Waals surface area contributed by atoms with Crippen LogP contribution in [0.25, 0.3) is 17.0 Å². The molecule has 1 aromatic heterocycles. The van der Waals surface area contributed by atoms with E-state index in [1.54, 1.807) is 4.68 Å². The second-order valence-electron chi connectivity index (χ2n) is 4.98. The predicted octanol–water partition coefficient (Wildman–Crippen LogP) is 5.30. The highest BCUT2D eigenvalue weighted by atomic mass is 35.5. The van der Waals surface area contributed by atoms with Gasteiger partial charge in [0.1, 0.15) is 0 Å². The SMILES string of the molecule is CCCC/C(=C(/C)Cl)c1nc(-c2ccccc2Cl)nn1C. The van der Waals surface area contributed by atoms with Gasteiger partial charge in [-0.2, -0.15) is 5.10 Å². The average molecular weight is 324 g/mol. The minimum absolute atomic E-state index is 0.630. The number of aryl methyl sites for hydroxylation is 1. The summed E-state index contributed by atoms with van der Waals surface area (Å²) >= 11 is 12.5. The van der Waals surface area contributed by atoms with Gasteiger partial charge in [-0.15, -0.1) is 0 Å². The number of hydrogen-bond donors (Lipinski definition) is 0. The van der Waals surface area contributed by atoms with Gasteiger partial charge in [-0.05, 0) is 31.9 Å². The van der Waals surface area contributed by atoms with Gasteiger partial charge in [0.05, 0.1) is 5.02 Å². The Kier molecular flexibility index (Phi) is 5.43. The normalized spacial score (nSPS) is 12.4. The van der Waals surface area contributed by atoms with Crippen molar-refractivity contribution in [1.82, 2.24) is 14.8 Å². The standard InChI is InChI=1S/C16H19Cl2N3/c1-4-5-8-12(11(2)17)16-19-15(20-21(16)3)13-9-6-7-10-14(13)18/h6-7,9-10H,4-5,8H2,1-3H3/b12-11+. The van der Waals surface area contributed by atoms with E-state index in [0.717, 1.165) is 41.3 Å². The van der Waals surface area contributed by atoms with Gasteiger partial charge in [0, 0.05) is 23.2 Å². The first-order valence-electron chi connectivity index (χ1n) is 7.06. The van der Waals surface area contributed by atoms with Crippen molar-refractivity contribution in [3.8, 4) is 11.4 Å². The first kappa shape index (κ1) is 16.1. The van der Waals surface area contributed by atoms with Crippen molar-refractivity contribution in [1.29, 1.82) is 0 Å². The first-order chi connectivity index (χ1) is 10.0. The van der Waals surface area contributed by atoms with Crippen LogP contribution in [0.3, 0.4) is 0 Å². The maximum atomic E-state index is 6.25. The lowest BCUT2D eigenvalue weighted by Crippen LogP contribution is -2.00. The molecule has 0 bridgehead atoms. The number of nitrogens with zero attached hydrogens (tertiary/aromatic N) is 3. The van der Waals surface area contributed by atoms with Crippen LogP contribution in [0.15, 0.2) is 29.3 Å². The molecular weight excluding hydrogens is 305 g/mol. The molecule has 0 saturated heterocycles. The van der Waals surface area contributed by atoms with Crippen LogP contribution >= 0.6 is 23.2 Å². The predicted molar refractivity (Wildman–Crippen MR) is 89.4 cm³/mol. The largest absolute Gasteiger partial charge is 0.249 e. The van der Waals surface area contributed by atoms with E-state index in [9.17, 15) is 0 Å². The minimum Gasteiger partial charge on any atom is -0.249 e. The van der Waals surface area contributed by atoms with E-state index in [-0.39, 0.29) is 0 Å². The molecule has 112 valence electrons. The van der Waals surface area contributed by atoms with Gasteiger partial charge in [-0.1, -0.05) is 48.7 Å².